The first-order valence-corrected chi connectivity index (χ1v) is 7.55. The zero-order valence-corrected chi connectivity index (χ0v) is 12.9. The first-order valence-electron chi connectivity index (χ1n) is 6.73. The standard InChI is InChI=1S/C13H12N4O5S/c1-7(18)14-13-15-8-4-5-16(6-10(8)23-13)12(19)9-2-3-11(22-9)17(20)21/h2-3H,4-6H2,1H3,(H,14,15,18). The van der Waals surface area contributed by atoms with Crippen molar-refractivity contribution in [1.82, 2.24) is 9.88 Å². The summed E-state index contributed by atoms with van der Waals surface area (Å²) in [5.41, 5.74) is 0.855. The average molecular weight is 336 g/mol. The van der Waals surface area contributed by atoms with Crippen molar-refractivity contribution in [1.29, 1.82) is 0 Å². The molecule has 120 valence electrons. The van der Waals surface area contributed by atoms with Gasteiger partial charge >= 0.3 is 5.88 Å². The van der Waals surface area contributed by atoms with Crippen LogP contribution in [-0.4, -0.2) is 33.2 Å². The molecule has 2 aromatic heterocycles. The smallest absolute Gasteiger partial charge is 0.395 e. The maximum Gasteiger partial charge on any atom is 0.433 e. The number of rotatable bonds is 3. The molecule has 0 unspecified atom stereocenters. The van der Waals surface area contributed by atoms with Gasteiger partial charge in [-0.15, -0.1) is 0 Å². The van der Waals surface area contributed by atoms with Gasteiger partial charge in [-0.3, -0.25) is 19.7 Å². The minimum absolute atomic E-state index is 0.0632. The molecule has 0 bridgehead atoms. The fraction of sp³-hybridized carbons (Fsp3) is 0.308. The first-order chi connectivity index (χ1) is 10.9. The van der Waals surface area contributed by atoms with Crippen LogP contribution in [0, 0.1) is 10.1 Å². The molecule has 0 aromatic carbocycles. The summed E-state index contributed by atoms with van der Waals surface area (Å²) < 4.78 is 4.95. The van der Waals surface area contributed by atoms with Crippen molar-refractivity contribution in [2.24, 2.45) is 0 Å². The van der Waals surface area contributed by atoms with Gasteiger partial charge in [-0.2, -0.15) is 0 Å². The van der Waals surface area contributed by atoms with Gasteiger partial charge in [0.15, 0.2) is 10.9 Å². The third-order valence-electron chi connectivity index (χ3n) is 3.28. The Morgan fingerprint density at radius 2 is 2.26 bits per heavy atom. The second-order valence-electron chi connectivity index (χ2n) is 4.94. The van der Waals surface area contributed by atoms with Crippen LogP contribution in [0.2, 0.25) is 0 Å². The number of furan rings is 1. The van der Waals surface area contributed by atoms with Crippen molar-refractivity contribution in [3.8, 4) is 0 Å². The molecule has 0 saturated carbocycles. The Bertz CT molecular complexity index is 796. The van der Waals surface area contributed by atoms with E-state index in [4.69, 9.17) is 4.42 Å². The lowest BCUT2D eigenvalue weighted by Crippen LogP contribution is -2.35. The van der Waals surface area contributed by atoms with Crippen molar-refractivity contribution in [2.45, 2.75) is 19.9 Å². The number of carbonyl (C=O) groups excluding carboxylic acids is 2. The molecule has 0 radical (unpaired) electrons. The van der Waals surface area contributed by atoms with Crippen LogP contribution in [0.4, 0.5) is 11.0 Å². The van der Waals surface area contributed by atoms with E-state index in [1.165, 1.54) is 24.3 Å². The number of fused-ring (bicyclic) bond motifs is 1. The highest BCUT2D eigenvalue weighted by atomic mass is 32.1. The van der Waals surface area contributed by atoms with Crippen LogP contribution in [0.3, 0.4) is 0 Å². The van der Waals surface area contributed by atoms with Crippen LogP contribution < -0.4 is 5.32 Å². The third-order valence-corrected chi connectivity index (χ3v) is 4.28. The summed E-state index contributed by atoms with van der Waals surface area (Å²) in [4.78, 5) is 40.1. The van der Waals surface area contributed by atoms with Gasteiger partial charge in [0.2, 0.25) is 5.91 Å². The van der Waals surface area contributed by atoms with E-state index >= 15 is 0 Å². The molecule has 0 fully saturated rings. The number of hydrogen-bond acceptors (Lipinski definition) is 7. The van der Waals surface area contributed by atoms with Crippen LogP contribution >= 0.6 is 11.3 Å². The van der Waals surface area contributed by atoms with Crippen molar-refractivity contribution >= 4 is 34.2 Å². The maximum atomic E-state index is 12.4. The lowest BCUT2D eigenvalue weighted by molar-refractivity contribution is -0.402. The van der Waals surface area contributed by atoms with Gasteiger partial charge in [0.1, 0.15) is 4.92 Å². The van der Waals surface area contributed by atoms with Gasteiger partial charge in [0.05, 0.1) is 18.3 Å². The highest BCUT2D eigenvalue weighted by Gasteiger charge is 2.28. The van der Waals surface area contributed by atoms with Gasteiger partial charge in [0.25, 0.3) is 5.91 Å². The number of hydrogen-bond donors (Lipinski definition) is 1. The summed E-state index contributed by atoms with van der Waals surface area (Å²) >= 11 is 1.31. The number of amides is 2. The fourth-order valence-electron chi connectivity index (χ4n) is 2.27. The molecule has 1 N–H and O–H groups in total. The lowest BCUT2D eigenvalue weighted by atomic mass is 10.1. The van der Waals surface area contributed by atoms with E-state index in [0.717, 1.165) is 16.6 Å². The van der Waals surface area contributed by atoms with Crippen molar-refractivity contribution in [2.75, 3.05) is 11.9 Å². The minimum atomic E-state index is -0.687. The zero-order valence-electron chi connectivity index (χ0n) is 12.1. The molecular formula is C13H12N4O5S. The molecule has 10 heteroatoms. The number of carbonyl (C=O) groups is 2. The molecule has 3 heterocycles. The Hall–Kier alpha value is -2.75. The number of nitrogens with one attached hydrogen (secondary N) is 1. The second kappa shape index (κ2) is 5.80. The molecule has 0 atom stereocenters. The summed E-state index contributed by atoms with van der Waals surface area (Å²) in [6, 6.07) is 2.45. The van der Waals surface area contributed by atoms with E-state index in [-0.39, 0.29) is 11.7 Å². The maximum absolute atomic E-state index is 12.4. The van der Waals surface area contributed by atoms with Crippen LogP contribution in [0.25, 0.3) is 0 Å². The Labute approximate surface area is 134 Å². The lowest BCUT2D eigenvalue weighted by Gasteiger charge is -2.24. The van der Waals surface area contributed by atoms with Gasteiger partial charge in [-0.25, -0.2) is 4.98 Å². The minimum Gasteiger partial charge on any atom is -0.395 e. The van der Waals surface area contributed by atoms with Gasteiger partial charge < -0.3 is 14.6 Å². The zero-order chi connectivity index (χ0) is 16.6. The normalized spacial score (nSPS) is 13.5. The van der Waals surface area contributed by atoms with Gasteiger partial charge in [-0.1, -0.05) is 11.3 Å². The molecule has 0 aliphatic carbocycles. The van der Waals surface area contributed by atoms with E-state index in [1.54, 1.807) is 4.90 Å². The van der Waals surface area contributed by atoms with Crippen LogP contribution in [0.1, 0.15) is 28.0 Å². The number of nitro groups is 1. The molecule has 2 amide bonds. The molecule has 9 nitrogen and oxygen atoms in total. The first kappa shape index (κ1) is 15.2. The number of anilines is 1. The van der Waals surface area contributed by atoms with E-state index < -0.39 is 16.7 Å². The molecule has 0 saturated heterocycles. The summed E-state index contributed by atoms with van der Waals surface area (Å²) in [5.74, 6) is -1.13. The molecule has 23 heavy (non-hydrogen) atoms. The quantitative estimate of drug-likeness (QED) is 0.674. The molecule has 3 rings (SSSR count). The highest BCUT2D eigenvalue weighted by molar-refractivity contribution is 7.15. The summed E-state index contributed by atoms with van der Waals surface area (Å²) in [6.45, 7) is 2.17. The van der Waals surface area contributed by atoms with Crippen molar-refractivity contribution in [3.63, 3.8) is 0 Å². The van der Waals surface area contributed by atoms with Gasteiger partial charge in [0, 0.05) is 24.8 Å². The van der Waals surface area contributed by atoms with Gasteiger partial charge in [-0.05, 0) is 6.07 Å². The van der Waals surface area contributed by atoms with E-state index in [2.05, 4.69) is 10.3 Å². The van der Waals surface area contributed by atoms with E-state index in [9.17, 15) is 19.7 Å². The van der Waals surface area contributed by atoms with Crippen LogP contribution in [0.5, 0.6) is 0 Å². The van der Waals surface area contributed by atoms with Crippen molar-refractivity contribution < 1.29 is 18.9 Å². The SMILES string of the molecule is CC(=O)Nc1nc2c(s1)CN(C(=O)c1ccc([N+](=O)[O-])o1)CC2. The largest absolute Gasteiger partial charge is 0.433 e. The fourth-order valence-corrected chi connectivity index (χ4v) is 3.34. The monoisotopic (exact) mass is 336 g/mol. The molecule has 1 aliphatic rings. The second-order valence-corrected chi connectivity index (χ2v) is 6.03. The van der Waals surface area contributed by atoms with E-state index in [0.29, 0.717) is 24.6 Å². The number of thiazole rings is 1. The summed E-state index contributed by atoms with van der Waals surface area (Å²) in [6.07, 6.45) is 0.556. The Kier molecular flexibility index (Phi) is 3.82. The van der Waals surface area contributed by atoms with Crippen LogP contribution in [-0.2, 0) is 17.8 Å². The number of nitrogens with zero attached hydrogens (tertiary/aromatic N) is 3. The topological polar surface area (TPSA) is 119 Å². The Morgan fingerprint density at radius 3 is 2.91 bits per heavy atom. The van der Waals surface area contributed by atoms with Crippen molar-refractivity contribution in [3.05, 3.63) is 38.6 Å². The Morgan fingerprint density at radius 1 is 1.48 bits per heavy atom. The molecule has 1 aliphatic heterocycles. The molecule has 0 spiro atoms. The molecule has 2 aromatic rings. The summed E-state index contributed by atoms with van der Waals surface area (Å²) in [7, 11) is 0. The molecular weight excluding hydrogens is 324 g/mol. The Balaban J connectivity index is 1.75. The predicted molar refractivity (Wildman–Crippen MR) is 80.2 cm³/mol. The highest BCUT2D eigenvalue weighted by Crippen LogP contribution is 2.29. The average Bonchev–Trinajstić information content (AvgIpc) is 3.11. The predicted octanol–water partition coefficient (Wildman–Crippen LogP) is 1.80. The van der Waals surface area contributed by atoms with Crippen LogP contribution in [0.15, 0.2) is 16.5 Å². The third kappa shape index (κ3) is 3.06. The van der Waals surface area contributed by atoms with E-state index in [1.807, 2.05) is 0 Å². The summed E-state index contributed by atoms with van der Waals surface area (Å²) in [5, 5.41) is 13.7. The number of aromatic nitrogens is 1.